The highest BCUT2D eigenvalue weighted by Gasteiger charge is 2.15. The van der Waals surface area contributed by atoms with Gasteiger partial charge in [-0.3, -0.25) is 4.79 Å². The highest BCUT2D eigenvalue weighted by molar-refractivity contribution is 7.09. The first-order valence-electron chi connectivity index (χ1n) is 5.65. The zero-order valence-electron chi connectivity index (χ0n) is 9.53. The summed E-state index contributed by atoms with van der Waals surface area (Å²) in [6.07, 6.45) is 1.36. The number of hydrogen-bond donors (Lipinski definition) is 1. The fourth-order valence-electron chi connectivity index (χ4n) is 1.83. The number of nitrogens with zero attached hydrogens (tertiary/aromatic N) is 2. The molecule has 1 aromatic rings. The third-order valence-corrected chi connectivity index (χ3v) is 3.55. The summed E-state index contributed by atoms with van der Waals surface area (Å²) in [5, 5.41) is 6.36. The first kappa shape index (κ1) is 11.5. The Morgan fingerprint density at radius 2 is 2.31 bits per heavy atom. The Morgan fingerprint density at radius 3 is 2.94 bits per heavy atom. The minimum absolute atomic E-state index is 0.257. The van der Waals surface area contributed by atoms with E-state index in [0.717, 1.165) is 43.3 Å². The Morgan fingerprint density at radius 1 is 1.56 bits per heavy atom. The molecule has 1 saturated heterocycles. The third kappa shape index (κ3) is 3.02. The molecule has 0 unspecified atom stereocenters. The molecule has 5 heteroatoms. The number of aromatic nitrogens is 1. The van der Waals surface area contributed by atoms with Crippen molar-refractivity contribution < 1.29 is 4.79 Å². The van der Waals surface area contributed by atoms with Crippen LogP contribution >= 0.6 is 11.3 Å². The minimum Gasteiger partial charge on any atom is -0.340 e. The van der Waals surface area contributed by atoms with E-state index in [0.29, 0.717) is 6.42 Å². The second-order valence-corrected chi connectivity index (χ2v) is 5.05. The zero-order chi connectivity index (χ0) is 11.4. The van der Waals surface area contributed by atoms with Crippen molar-refractivity contribution in [2.75, 3.05) is 26.2 Å². The summed E-state index contributed by atoms with van der Waals surface area (Å²) < 4.78 is 0. The molecule has 1 aliphatic rings. The molecule has 88 valence electrons. The Labute approximate surface area is 99.7 Å². The molecule has 0 radical (unpaired) electrons. The van der Waals surface area contributed by atoms with Crippen molar-refractivity contribution in [2.45, 2.75) is 19.8 Å². The first-order chi connectivity index (χ1) is 7.75. The summed E-state index contributed by atoms with van der Waals surface area (Å²) in [4.78, 5) is 18.2. The molecule has 1 amide bonds. The Balaban J connectivity index is 1.78. The molecule has 2 heterocycles. The summed E-state index contributed by atoms with van der Waals surface area (Å²) in [6, 6.07) is 0. The van der Waals surface area contributed by atoms with Crippen molar-refractivity contribution in [3.05, 3.63) is 16.1 Å². The predicted molar refractivity (Wildman–Crippen MR) is 64.6 cm³/mol. The average Bonchev–Trinajstić information content (AvgIpc) is 2.73. The number of amides is 1. The molecule has 1 aromatic heterocycles. The van der Waals surface area contributed by atoms with E-state index >= 15 is 0 Å². The van der Waals surface area contributed by atoms with Gasteiger partial charge in [0.1, 0.15) is 0 Å². The van der Waals surface area contributed by atoms with Crippen LogP contribution in [-0.2, 0) is 11.2 Å². The van der Waals surface area contributed by atoms with Gasteiger partial charge in [-0.2, -0.15) is 0 Å². The molecule has 0 aromatic carbocycles. The van der Waals surface area contributed by atoms with Crippen molar-refractivity contribution in [1.29, 1.82) is 0 Å². The summed E-state index contributed by atoms with van der Waals surface area (Å²) >= 11 is 1.65. The summed E-state index contributed by atoms with van der Waals surface area (Å²) in [7, 11) is 0. The van der Waals surface area contributed by atoms with Crippen LogP contribution in [0.4, 0.5) is 0 Å². The lowest BCUT2D eigenvalue weighted by Crippen LogP contribution is -2.46. The Bertz CT molecular complexity index is 358. The van der Waals surface area contributed by atoms with Crippen LogP contribution in [0.15, 0.2) is 5.38 Å². The van der Waals surface area contributed by atoms with Gasteiger partial charge in [0.25, 0.3) is 0 Å². The van der Waals surface area contributed by atoms with Gasteiger partial charge in [-0.1, -0.05) is 0 Å². The molecule has 1 aliphatic heterocycles. The molecule has 16 heavy (non-hydrogen) atoms. The molecule has 1 N–H and O–H groups in total. The van der Waals surface area contributed by atoms with Crippen LogP contribution in [0.25, 0.3) is 0 Å². The first-order valence-corrected chi connectivity index (χ1v) is 6.53. The number of thiazole rings is 1. The van der Waals surface area contributed by atoms with E-state index in [2.05, 4.69) is 10.3 Å². The molecular formula is C11H17N3OS. The molecular weight excluding hydrogens is 222 g/mol. The van der Waals surface area contributed by atoms with Crippen LogP contribution < -0.4 is 5.32 Å². The van der Waals surface area contributed by atoms with Crippen molar-refractivity contribution in [3.63, 3.8) is 0 Å². The monoisotopic (exact) mass is 239 g/mol. The van der Waals surface area contributed by atoms with Crippen molar-refractivity contribution >= 4 is 17.2 Å². The van der Waals surface area contributed by atoms with Gasteiger partial charge in [0.2, 0.25) is 5.91 Å². The van der Waals surface area contributed by atoms with Crippen molar-refractivity contribution in [1.82, 2.24) is 15.2 Å². The topological polar surface area (TPSA) is 45.2 Å². The number of carbonyl (C=O) groups excluding carboxylic acids is 1. The Hall–Kier alpha value is -0.940. The van der Waals surface area contributed by atoms with Crippen LogP contribution in [-0.4, -0.2) is 42.0 Å². The highest BCUT2D eigenvalue weighted by Crippen LogP contribution is 2.10. The van der Waals surface area contributed by atoms with Crippen LogP contribution in [0.1, 0.15) is 17.1 Å². The molecule has 4 nitrogen and oxygen atoms in total. The normalized spacial score (nSPS) is 16.4. The van der Waals surface area contributed by atoms with E-state index in [-0.39, 0.29) is 5.91 Å². The largest absolute Gasteiger partial charge is 0.340 e. The summed E-state index contributed by atoms with van der Waals surface area (Å²) in [6.45, 7) is 5.51. The highest BCUT2D eigenvalue weighted by atomic mass is 32.1. The number of hydrogen-bond acceptors (Lipinski definition) is 4. The minimum atomic E-state index is 0.257. The van der Waals surface area contributed by atoms with Crippen LogP contribution in [0.2, 0.25) is 0 Å². The smallest absolute Gasteiger partial charge is 0.223 e. The average molecular weight is 239 g/mol. The molecule has 1 fully saturated rings. The van der Waals surface area contributed by atoms with E-state index in [1.165, 1.54) is 0 Å². The van der Waals surface area contributed by atoms with Gasteiger partial charge in [-0.25, -0.2) is 4.98 Å². The fourth-order valence-corrected chi connectivity index (χ4v) is 2.48. The van der Waals surface area contributed by atoms with Crippen molar-refractivity contribution in [2.24, 2.45) is 0 Å². The molecule has 0 aliphatic carbocycles. The van der Waals surface area contributed by atoms with Crippen LogP contribution in [0, 0.1) is 6.92 Å². The quantitative estimate of drug-likeness (QED) is 0.849. The third-order valence-electron chi connectivity index (χ3n) is 2.73. The number of rotatable bonds is 3. The zero-order valence-corrected chi connectivity index (χ0v) is 10.3. The second kappa shape index (κ2) is 5.41. The maximum atomic E-state index is 11.9. The lowest BCUT2D eigenvalue weighted by Gasteiger charge is -2.27. The Kier molecular flexibility index (Phi) is 3.90. The van der Waals surface area contributed by atoms with E-state index in [4.69, 9.17) is 0 Å². The van der Waals surface area contributed by atoms with Crippen LogP contribution in [0.3, 0.4) is 0 Å². The van der Waals surface area contributed by atoms with Gasteiger partial charge in [-0.15, -0.1) is 11.3 Å². The summed E-state index contributed by atoms with van der Waals surface area (Å²) in [5.74, 6) is 0.257. The van der Waals surface area contributed by atoms with E-state index in [9.17, 15) is 4.79 Å². The van der Waals surface area contributed by atoms with Gasteiger partial charge >= 0.3 is 0 Å². The molecule has 0 spiro atoms. The van der Waals surface area contributed by atoms with E-state index in [1.807, 2.05) is 17.2 Å². The summed E-state index contributed by atoms with van der Waals surface area (Å²) in [5.41, 5.74) is 1.05. The number of piperazine rings is 1. The van der Waals surface area contributed by atoms with Gasteiger partial charge in [-0.05, 0) is 13.3 Å². The number of aryl methyl sites for hydroxylation is 2. The van der Waals surface area contributed by atoms with E-state index < -0.39 is 0 Å². The molecule has 2 rings (SSSR count). The maximum absolute atomic E-state index is 11.9. The van der Waals surface area contributed by atoms with Gasteiger partial charge in [0.05, 0.1) is 10.7 Å². The van der Waals surface area contributed by atoms with E-state index in [1.54, 1.807) is 11.3 Å². The van der Waals surface area contributed by atoms with Gasteiger partial charge in [0, 0.05) is 38.0 Å². The van der Waals surface area contributed by atoms with Gasteiger partial charge in [0.15, 0.2) is 0 Å². The van der Waals surface area contributed by atoms with Crippen molar-refractivity contribution in [3.8, 4) is 0 Å². The van der Waals surface area contributed by atoms with Gasteiger partial charge < -0.3 is 10.2 Å². The lowest BCUT2D eigenvalue weighted by molar-refractivity contribution is -0.131. The number of nitrogens with one attached hydrogen (secondary N) is 1. The molecule has 0 bridgehead atoms. The predicted octanol–water partition coefficient (Wildman–Crippen LogP) is 0.816. The standard InChI is InChI=1S/C11H17N3OS/c1-9-13-10(8-16-9)2-3-11(15)14-6-4-12-5-7-14/h8,12H,2-7H2,1H3. The second-order valence-electron chi connectivity index (χ2n) is 3.99. The number of carbonyl (C=O) groups is 1. The molecule has 0 atom stereocenters. The molecule has 0 saturated carbocycles. The fraction of sp³-hybridized carbons (Fsp3) is 0.636. The lowest BCUT2D eigenvalue weighted by atomic mass is 10.2. The maximum Gasteiger partial charge on any atom is 0.223 e. The van der Waals surface area contributed by atoms with Crippen LogP contribution in [0.5, 0.6) is 0 Å². The SMILES string of the molecule is Cc1nc(CCC(=O)N2CCNCC2)cs1.